The highest BCUT2D eigenvalue weighted by Gasteiger charge is 2.27. The summed E-state index contributed by atoms with van der Waals surface area (Å²) in [5, 5.41) is 14.7. The van der Waals surface area contributed by atoms with Crippen LogP contribution in [-0.4, -0.2) is 34.5 Å². The van der Waals surface area contributed by atoms with Crippen molar-refractivity contribution < 1.29 is 14.4 Å². The van der Waals surface area contributed by atoms with Gasteiger partial charge in [0, 0.05) is 27.9 Å². The lowest BCUT2D eigenvalue weighted by molar-refractivity contribution is 0.315. The highest BCUT2D eigenvalue weighted by Crippen LogP contribution is 2.36. The summed E-state index contributed by atoms with van der Waals surface area (Å²) in [5.41, 5.74) is 2.68. The van der Waals surface area contributed by atoms with Crippen LogP contribution in [0.25, 0.3) is 22.3 Å². The molecule has 1 aliphatic carbocycles. The fourth-order valence-electron chi connectivity index (χ4n) is 3.66. The Kier molecular flexibility index (Phi) is 6.24. The molecule has 0 radical (unpaired) electrons. The van der Waals surface area contributed by atoms with Gasteiger partial charge in [0.1, 0.15) is 12.0 Å². The molecule has 1 fully saturated rings. The highest BCUT2D eigenvalue weighted by molar-refractivity contribution is 7.30. The third kappa shape index (κ3) is 4.55. The first kappa shape index (κ1) is 19.1. The van der Waals surface area contributed by atoms with Gasteiger partial charge in [0.05, 0.1) is 30.4 Å². The molecule has 3 aromatic heterocycles. The molecule has 1 aliphatic rings. The Labute approximate surface area is 156 Å². The molecule has 1 atom stereocenters. The largest absolute Gasteiger partial charge is 0.692 e. The lowest BCUT2D eigenvalue weighted by atomic mass is 9.96. The molecule has 0 amide bonds. The van der Waals surface area contributed by atoms with E-state index in [9.17, 15) is 5.26 Å². The van der Waals surface area contributed by atoms with E-state index in [1.807, 2.05) is 29.3 Å². The van der Waals surface area contributed by atoms with Crippen LogP contribution in [0, 0.1) is 17.2 Å². The molecule has 3 heterocycles. The minimum Gasteiger partial charge on any atom is -0.346 e. The number of rotatable bonds is 4. The summed E-state index contributed by atoms with van der Waals surface area (Å²) in [7, 11) is -2.87. The van der Waals surface area contributed by atoms with Gasteiger partial charge in [0.25, 0.3) is 0 Å². The molecular formula is C17H20N6O3P+. The second kappa shape index (κ2) is 8.82. The predicted octanol–water partition coefficient (Wildman–Crippen LogP) is 3.09. The number of hydrogen-bond acceptors (Lipinski definition) is 5. The quantitative estimate of drug-likeness (QED) is 0.584. The van der Waals surface area contributed by atoms with Crippen LogP contribution in [0.3, 0.4) is 0 Å². The number of fused-ring (bicyclic) bond motifs is 1. The number of aromatic amines is 1. The topological polar surface area (TPSA) is 141 Å². The number of aromatic nitrogens is 5. The fraction of sp³-hybridized carbons (Fsp3) is 0.412. The predicted molar refractivity (Wildman–Crippen MR) is 98.4 cm³/mol. The fourth-order valence-corrected chi connectivity index (χ4v) is 3.66. The maximum atomic E-state index is 9.18. The molecule has 140 valence electrons. The van der Waals surface area contributed by atoms with Crippen molar-refractivity contribution in [1.29, 1.82) is 5.26 Å². The number of hydrogen-bond donors (Lipinski definition) is 3. The molecule has 0 spiro atoms. The van der Waals surface area contributed by atoms with Gasteiger partial charge < -0.3 is 4.98 Å². The van der Waals surface area contributed by atoms with Crippen LogP contribution in [0.2, 0.25) is 0 Å². The Morgan fingerprint density at radius 2 is 2.11 bits per heavy atom. The van der Waals surface area contributed by atoms with Crippen LogP contribution in [0.15, 0.2) is 31.0 Å². The minimum atomic E-state index is -2.87. The first-order chi connectivity index (χ1) is 13.1. The maximum Gasteiger partial charge on any atom is 0.692 e. The molecular weight excluding hydrogens is 367 g/mol. The first-order valence-corrected chi connectivity index (χ1v) is 9.81. The smallest absolute Gasteiger partial charge is 0.346 e. The van der Waals surface area contributed by atoms with Crippen molar-refractivity contribution in [1.82, 2.24) is 24.7 Å². The van der Waals surface area contributed by atoms with Crippen LogP contribution in [0.4, 0.5) is 0 Å². The zero-order chi connectivity index (χ0) is 19.2. The molecule has 10 heteroatoms. The molecule has 4 rings (SSSR count). The van der Waals surface area contributed by atoms with Gasteiger partial charge >= 0.3 is 8.25 Å². The summed E-state index contributed by atoms with van der Waals surface area (Å²) in [4.78, 5) is 26.0. The molecule has 3 aromatic rings. The summed E-state index contributed by atoms with van der Waals surface area (Å²) in [6.07, 6.45) is 12.7. The monoisotopic (exact) mass is 387 g/mol. The Hall–Kier alpha value is -2.66. The van der Waals surface area contributed by atoms with Crippen molar-refractivity contribution >= 4 is 19.3 Å². The van der Waals surface area contributed by atoms with Crippen molar-refractivity contribution in [3.63, 3.8) is 0 Å². The van der Waals surface area contributed by atoms with E-state index in [-0.39, 0.29) is 6.04 Å². The molecule has 0 unspecified atom stereocenters. The van der Waals surface area contributed by atoms with E-state index in [4.69, 9.17) is 14.4 Å². The Balaban J connectivity index is 0.000000481. The molecule has 9 nitrogen and oxygen atoms in total. The van der Waals surface area contributed by atoms with Crippen molar-refractivity contribution in [2.24, 2.45) is 5.92 Å². The SMILES string of the molecule is N#CC[C@H](C1CCCC1)n1cc(-c2ncnc3[nH]ccc23)cn1.O=[P+](O)O. The van der Waals surface area contributed by atoms with Gasteiger partial charge in [-0.25, -0.2) is 9.97 Å². The van der Waals surface area contributed by atoms with Crippen LogP contribution in [-0.2, 0) is 4.57 Å². The maximum absolute atomic E-state index is 9.18. The molecule has 0 aromatic carbocycles. The zero-order valence-corrected chi connectivity index (χ0v) is 15.5. The van der Waals surface area contributed by atoms with Gasteiger partial charge in [-0.2, -0.15) is 10.4 Å². The van der Waals surface area contributed by atoms with E-state index < -0.39 is 8.25 Å². The number of nitrogens with zero attached hydrogens (tertiary/aromatic N) is 5. The van der Waals surface area contributed by atoms with Gasteiger partial charge in [-0.1, -0.05) is 12.8 Å². The molecule has 3 N–H and O–H groups in total. The Bertz CT molecular complexity index is 953. The molecule has 1 saturated carbocycles. The summed E-state index contributed by atoms with van der Waals surface area (Å²) in [5.74, 6) is 0.556. The normalized spacial score (nSPS) is 15.1. The van der Waals surface area contributed by atoms with Gasteiger partial charge in [-0.05, 0) is 24.8 Å². The standard InChI is InChI=1S/C17H18N6.HO3P/c18-7-5-15(12-3-1-2-4-12)23-10-13(9-22-23)16-14-6-8-19-17(14)21-11-20-16;1-4(2)3/h6,8-12,15H,1-5H2,(H,19,20,21);(H-,1,2,3)/p+1/t15-;/m1./s1. The van der Waals surface area contributed by atoms with E-state index in [0.717, 1.165) is 22.3 Å². The zero-order valence-electron chi connectivity index (χ0n) is 14.6. The third-order valence-electron chi connectivity index (χ3n) is 4.81. The van der Waals surface area contributed by atoms with Crippen LogP contribution >= 0.6 is 8.25 Å². The average molecular weight is 387 g/mol. The lowest BCUT2D eigenvalue weighted by Crippen LogP contribution is -2.17. The van der Waals surface area contributed by atoms with Crippen molar-refractivity contribution in [2.75, 3.05) is 0 Å². The molecule has 0 aliphatic heterocycles. The summed E-state index contributed by atoms with van der Waals surface area (Å²) < 4.78 is 10.7. The van der Waals surface area contributed by atoms with Crippen LogP contribution in [0.5, 0.6) is 0 Å². The third-order valence-corrected chi connectivity index (χ3v) is 4.81. The summed E-state index contributed by atoms with van der Waals surface area (Å²) in [6.45, 7) is 0. The second-order valence-electron chi connectivity index (χ2n) is 6.40. The van der Waals surface area contributed by atoms with Crippen molar-refractivity contribution in [3.8, 4) is 17.3 Å². The lowest BCUT2D eigenvalue weighted by Gasteiger charge is -2.21. The summed E-state index contributed by atoms with van der Waals surface area (Å²) >= 11 is 0. The molecule has 27 heavy (non-hydrogen) atoms. The van der Waals surface area contributed by atoms with E-state index >= 15 is 0 Å². The summed E-state index contributed by atoms with van der Waals surface area (Å²) in [6, 6.07) is 4.47. The van der Waals surface area contributed by atoms with Crippen LogP contribution < -0.4 is 0 Å². The Morgan fingerprint density at radius 3 is 2.81 bits per heavy atom. The first-order valence-electron chi connectivity index (χ1n) is 8.64. The minimum absolute atomic E-state index is 0.166. The second-order valence-corrected chi connectivity index (χ2v) is 6.90. The molecule has 0 bridgehead atoms. The van der Waals surface area contributed by atoms with E-state index in [1.54, 1.807) is 6.33 Å². The van der Waals surface area contributed by atoms with Gasteiger partial charge in [-0.3, -0.25) is 4.68 Å². The molecule has 0 saturated heterocycles. The number of nitriles is 1. The van der Waals surface area contributed by atoms with E-state index in [0.29, 0.717) is 12.3 Å². The van der Waals surface area contributed by atoms with Gasteiger partial charge in [-0.15, -0.1) is 9.79 Å². The van der Waals surface area contributed by atoms with Crippen LogP contribution in [0.1, 0.15) is 38.1 Å². The van der Waals surface area contributed by atoms with Crippen molar-refractivity contribution in [2.45, 2.75) is 38.1 Å². The van der Waals surface area contributed by atoms with Gasteiger partial charge in [0.2, 0.25) is 0 Å². The number of H-pyrrole nitrogens is 1. The van der Waals surface area contributed by atoms with Gasteiger partial charge in [0.15, 0.2) is 0 Å². The highest BCUT2D eigenvalue weighted by atomic mass is 31.1. The Morgan fingerprint density at radius 1 is 1.37 bits per heavy atom. The van der Waals surface area contributed by atoms with E-state index in [1.165, 1.54) is 25.7 Å². The van der Waals surface area contributed by atoms with E-state index in [2.05, 4.69) is 26.1 Å². The number of nitrogens with one attached hydrogen (secondary N) is 1. The average Bonchev–Trinajstić information content (AvgIpc) is 3.40. The van der Waals surface area contributed by atoms with Crippen molar-refractivity contribution in [3.05, 3.63) is 31.0 Å².